The van der Waals surface area contributed by atoms with Crippen LogP contribution in [0.3, 0.4) is 0 Å². The summed E-state index contributed by atoms with van der Waals surface area (Å²) in [5.41, 5.74) is -0.287. The molecule has 1 aromatic rings. The Bertz CT molecular complexity index is 180. The average molecular weight is 113 g/mol. The molecule has 0 aromatic carbocycles. The first-order valence-electron chi connectivity index (χ1n) is 1.79. The maximum Gasteiger partial charge on any atom is 0.409 e. The molecule has 0 aliphatic rings. The van der Waals surface area contributed by atoms with E-state index in [0.29, 0.717) is 0 Å². The van der Waals surface area contributed by atoms with Crippen molar-refractivity contribution >= 4 is 5.97 Å². The van der Waals surface area contributed by atoms with E-state index in [2.05, 4.69) is 14.9 Å². The number of nitrogens with zero attached hydrogens (tertiary/aromatic N) is 2. The van der Waals surface area contributed by atoms with Crippen LogP contribution in [-0.4, -0.2) is 16.3 Å². The van der Waals surface area contributed by atoms with E-state index in [0.717, 1.165) is 6.20 Å². The van der Waals surface area contributed by atoms with Crippen LogP contribution in [0.2, 0.25) is 0 Å². The molecule has 0 N–H and O–H groups in total. The van der Waals surface area contributed by atoms with E-state index >= 15 is 0 Å². The maximum absolute atomic E-state index is 9.79. The summed E-state index contributed by atoms with van der Waals surface area (Å²) >= 11 is 0. The molecule has 0 saturated carbocycles. The van der Waals surface area contributed by atoms with Crippen molar-refractivity contribution in [2.24, 2.45) is 0 Å². The lowest BCUT2D eigenvalue weighted by molar-refractivity contribution is 0.0560. The molecule has 0 atom stereocenters. The molecule has 0 fully saturated rings. The zero-order valence-corrected chi connectivity index (χ0v) is 3.70. The quantitative estimate of drug-likeness (QED) is 0.498. The van der Waals surface area contributed by atoms with Gasteiger partial charge in [-0.05, 0) is 5.16 Å². The Kier molecular flexibility index (Phi) is 0.957. The van der Waals surface area contributed by atoms with Gasteiger partial charge in [-0.15, -0.1) is 0 Å². The fourth-order valence-electron chi connectivity index (χ4n) is 0.255. The van der Waals surface area contributed by atoms with Crippen LogP contribution in [0.5, 0.6) is 0 Å². The molecule has 41 valence electrons. The molecule has 1 radical (unpaired) electrons. The summed E-state index contributed by atoms with van der Waals surface area (Å²) in [5, 5.41) is 15.8. The normalized spacial score (nSPS) is 9.00. The summed E-state index contributed by atoms with van der Waals surface area (Å²) in [5.74, 6) is -1.38. The van der Waals surface area contributed by atoms with Crippen molar-refractivity contribution in [2.75, 3.05) is 0 Å². The summed E-state index contributed by atoms with van der Waals surface area (Å²) in [6, 6.07) is 0. The zero-order valence-electron chi connectivity index (χ0n) is 3.70. The van der Waals surface area contributed by atoms with Gasteiger partial charge in [0, 0.05) is 0 Å². The maximum atomic E-state index is 9.79. The Morgan fingerprint density at radius 1 is 1.75 bits per heavy atom. The Morgan fingerprint density at radius 2 is 2.50 bits per heavy atom. The Balaban J connectivity index is 2.93. The van der Waals surface area contributed by atoms with Gasteiger partial charge in [-0.3, -0.25) is 0 Å². The molecule has 5 heteroatoms. The van der Waals surface area contributed by atoms with E-state index in [-0.39, 0.29) is 5.69 Å². The molecule has 0 aliphatic carbocycles. The highest BCUT2D eigenvalue weighted by Crippen LogP contribution is 1.87. The number of carbonyl (C=O) groups excluding carboxylic acids is 1. The minimum Gasteiger partial charge on any atom is -0.244 e. The molecule has 8 heavy (non-hydrogen) atoms. The standard InChI is InChI=1S/C3HN2O3/c6-3(7)2-1-4-8-5-2/h1H. The predicted molar refractivity (Wildman–Crippen MR) is 19.3 cm³/mol. The highest BCUT2D eigenvalue weighted by atomic mass is 16.6. The van der Waals surface area contributed by atoms with Gasteiger partial charge in [-0.2, -0.15) is 0 Å². The number of hydrogen-bond donors (Lipinski definition) is 0. The van der Waals surface area contributed by atoms with Crippen molar-refractivity contribution < 1.29 is 14.5 Å². The van der Waals surface area contributed by atoms with Crippen LogP contribution in [-0.2, 0) is 5.11 Å². The van der Waals surface area contributed by atoms with Gasteiger partial charge in [-0.1, -0.05) is 5.16 Å². The van der Waals surface area contributed by atoms with E-state index in [1.54, 1.807) is 0 Å². The summed E-state index contributed by atoms with van der Waals surface area (Å²) in [7, 11) is 0. The summed E-state index contributed by atoms with van der Waals surface area (Å²) in [6.45, 7) is 0. The van der Waals surface area contributed by atoms with Crippen molar-refractivity contribution in [1.82, 2.24) is 10.3 Å². The van der Waals surface area contributed by atoms with Crippen LogP contribution in [0, 0.1) is 0 Å². The zero-order chi connectivity index (χ0) is 5.98. The molecule has 0 saturated heterocycles. The van der Waals surface area contributed by atoms with Crippen LogP contribution < -0.4 is 0 Å². The van der Waals surface area contributed by atoms with Crippen LogP contribution >= 0.6 is 0 Å². The van der Waals surface area contributed by atoms with E-state index in [1.165, 1.54) is 0 Å². The number of carbonyl (C=O) groups is 1. The first-order chi connectivity index (χ1) is 3.80. The second-order valence-electron chi connectivity index (χ2n) is 1.08. The fraction of sp³-hybridized carbons (Fsp3) is 0. The molecule has 1 rings (SSSR count). The summed E-state index contributed by atoms with van der Waals surface area (Å²) < 4.78 is 3.95. The van der Waals surface area contributed by atoms with E-state index in [9.17, 15) is 9.90 Å². The summed E-state index contributed by atoms with van der Waals surface area (Å²) in [6.07, 6.45) is 0.968. The third kappa shape index (κ3) is 0.651. The number of rotatable bonds is 1. The first-order valence-corrected chi connectivity index (χ1v) is 1.79. The Labute approximate surface area is 43.9 Å². The average Bonchev–Trinajstić information content (AvgIpc) is 2.12. The van der Waals surface area contributed by atoms with Gasteiger partial charge in [0.2, 0.25) is 5.69 Å². The first kappa shape index (κ1) is 4.76. The van der Waals surface area contributed by atoms with E-state index < -0.39 is 5.97 Å². The van der Waals surface area contributed by atoms with Crippen LogP contribution in [0.1, 0.15) is 10.5 Å². The number of aromatic nitrogens is 2. The molecular weight excluding hydrogens is 112 g/mol. The highest BCUT2D eigenvalue weighted by molar-refractivity contribution is 5.84. The third-order valence-electron chi connectivity index (χ3n) is 0.570. The molecule has 0 unspecified atom stereocenters. The highest BCUT2D eigenvalue weighted by Gasteiger charge is 2.07. The van der Waals surface area contributed by atoms with E-state index in [4.69, 9.17) is 0 Å². The van der Waals surface area contributed by atoms with Crippen molar-refractivity contribution in [3.63, 3.8) is 0 Å². The molecular formula is C3HN2O3. The second kappa shape index (κ2) is 1.61. The Morgan fingerprint density at radius 3 is 2.75 bits per heavy atom. The van der Waals surface area contributed by atoms with Gasteiger partial charge in [0.05, 0.1) is 0 Å². The SMILES string of the molecule is [O]C(=O)c1cnon1. The lowest BCUT2D eigenvalue weighted by Crippen LogP contribution is -1.92. The molecule has 1 heterocycles. The number of hydrogen-bond acceptors (Lipinski definition) is 4. The van der Waals surface area contributed by atoms with Crippen LogP contribution in [0.15, 0.2) is 10.8 Å². The van der Waals surface area contributed by atoms with Gasteiger partial charge >= 0.3 is 5.97 Å². The van der Waals surface area contributed by atoms with Crippen molar-refractivity contribution in [2.45, 2.75) is 0 Å². The van der Waals surface area contributed by atoms with Gasteiger partial charge < -0.3 is 0 Å². The van der Waals surface area contributed by atoms with Crippen molar-refractivity contribution in [3.8, 4) is 0 Å². The predicted octanol–water partition coefficient (Wildman–Crippen LogP) is -0.360. The Hall–Kier alpha value is -1.39. The smallest absolute Gasteiger partial charge is 0.244 e. The van der Waals surface area contributed by atoms with Gasteiger partial charge in [0.1, 0.15) is 6.20 Å². The van der Waals surface area contributed by atoms with Crippen LogP contribution in [0.25, 0.3) is 0 Å². The van der Waals surface area contributed by atoms with Crippen molar-refractivity contribution in [3.05, 3.63) is 11.9 Å². The van der Waals surface area contributed by atoms with Crippen molar-refractivity contribution in [1.29, 1.82) is 0 Å². The minimum absolute atomic E-state index is 0.287. The monoisotopic (exact) mass is 113 g/mol. The molecule has 0 aliphatic heterocycles. The third-order valence-corrected chi connectivity index (χ3v) is 0.570. The molecule has 0 amide bonds. The summed E-state index contributed by atoms with van der Waals surface area (Å²) in [4.78, 5) is 9.79. The van der Waals surface area contributed by atoms with Gasteiger partial charge in [0.25, 0.3) is 0 Å². The van der Waals surface area contributed by atoms with Gasteiger partial charge in [-0.25, -0.2) is 14.5 Å². The minimum atomic E-state index is -1.38. The lowest BCUT2D eigenvalue weighted by atomic mass is 10.5. The van der Waals surface area contributed by atoms with Crippen LogP contribution in [0.4, 0.5) is 0 Å². The largest absolute Gasteiger partial charge is 0.409 e. The van der Waals surface area contributed by atoms with E-state index in [1.807, 2.05) is 0 Å². The molecule has 5 nitrogen and oxygen atoms in total. The lowest BCUT2D eigenvalue weighted by Gasteiger charge is -1.68. The molecule has 0 bridgehead atoms. The van der Waals surface area contributed by atoms with Gasteiger partial charge in [0.15, 0.2) is 0 Å². The molecule has 1 aromatic heterocycles. The fourth-order valence-corrected chi connectivity index (χ4v) is 0.255. The topological polar surface area (TPSA) is 75.9 Å². The molecule has 0 spiro atoms. The second-order valence-corrected chi connectivity index (χ2v) is 1.08.